The van der Waals surface area contributed by atoms with Crippen LogP contribution in [0.5, 0.6) is 0 Å². The molecule has 0 radical (unpaired) electrons. The molecular formula is C52H105NO4. The summed E-state index contributed by atoms with van der Waals surface area (Å²) in [4.78, 5) is 12.5. The average Bonchev–Trinajstić information content (AvgIpc) is 3.22. The molecule has 342 valence electrons. The standard InChI is InChI=1S/C52H105NO4/c1-3-5-7-9-11-13-15-17-19-21-22-23-24-25-26-27-28-29-30-31-33-35-37-39-41-43-45-47-51(56)53-49(48-54)52(57)50(55)46-44-42-40-38-36-34-32-20-18-16-14-12-10-8-6-4-2/h49-50,52,54-55,57H,3-48H2,1-2H3,(H,53,56). The van der Waals surface area contributed by atoms with Gasteiger partial charge in [-0.1, -0.05) is 284 Å². The van der Waals surface area contributed by atoms with E-state index in [1.807, 2.05) is 0 Å². The predicted octanol–water partition coefficient (Wildman–Crippen LogP) is 15.8. The highest BCUT2D eigenvalue weighted by Gasteiger charge is 2.26. The van der Waals surface area contributed by atoms with Crippen molar-refractivity contribution in [1.82, 2.24) is 5.32 Å². The number of unbranched alkanes of at least 4 members (excludes halogenated alkanes) is 41. The molecule has 1 amide bonds. The molecule has 0 bridgehead atoms. The lowest BCUT2D eigenvalue weighted by Crippen LogP contribution is -2.50. The molecule has 3 atom stereocenters. The van der Waals surface area contributed by atoms with E-state index in [9.17, 15) is 20.1 Å². The second-order valence-electron chi connectivity index (χ2n) is 18.4. The number of rotatable bonds is 49. The molecule has 0 spiro atoms. The minimum absolute atomic E-state index is 0.137. The van der Waals surface area contributed by atoms with Gasteiger partial charge in [-0.25, -0.2) is 0 Å². The van der Waals surface area contributed by atoms with Crippen LogP contribution in [0.15, 0.2) is 0 Å². The van der Waals surface area contributed by atoms with Crippen molar-refractivity contribution in [2.75, 3.05) is 6.61 Å². The summed E-state index contributed by atoms with van der Waals surface area (Å²) in [5.41, 5.74) is 0. The summed E-state index contributed by atoms with van der Waals surface area (Å²) in [6, 6.07) is -0.803. The lowest BCUT2D eigenvalue weighted by atomic mass is 9.99. The minimum Gasteiger partial charge on any atom is -0.394 e. The zero-order valence-electron chi connectivity index (χ0n) is 39.0. The van der Waals surface area contributed by atoms with E-state index in [1.165, 1.54) is 244 Å². The fourth-order valence-corrected chi connectivity index (χ4v) is 8.64. The summed E-state index contributed by atoms with van der Waals surface area (Å²) < 4.78 is 0. The molecule has 0 saturated carbocycles. The summed E-state index contributed by atoms with van der Waals surface area (Å²) >= 11 is 0. The average molecular weight is 808 g/mol. The van der Waals surface area contributed by atoms with Crippen LogP contribution in [-0.4, -0.2) is 46.1 Å². The molecule has 0 aromatic heterocycles. The Morgan fingerprint density at radius 3 is 0.842 bits per heavy atom. The van der Waals surface area contributed by atoms with Gasteiger partial charge in [0.15, 0.2) is 0 Å². The Labute approximate surface area is 357 Å². The minimum atomic E-state index is -1.13. The maximum atomic E-state index is 12.5. The lowest BCUT2D eigenvalue weighted by molar-refractivity contribution is -0.124. The molecule has 0 rings (SSSR count). The van der Waals surface area contributed by atoms with Crippen LogP contribution in [0.25, 0.3) is 0 Å². The van der Waals surface area contributed by atoms with E-state index in [2.05, 4.69) is 19.2 Å². The van der Waals surface area contributed by atoms with Crippen molar-refractivity contribution in [3.8, 4) is 0 Å². The van der Waals surface area contributed by atoms with Gasteiger partial charge in [0.25, 0.3) is 0 Å². The van der Waals surface area contributed by atoms with Crippen molar-refractivity contribution in [3.05, 3.63) is 0 Å². The molecule has 4 N–H and O–H groups in total. The van der Waals surface area contributed by atoms with Crippen molar-refractivity contribution >= 4 is 5.91 Å². The summed E-state index contributed by atoms with van der Waals surface area (Å²) in [5.74, 6) is -0.137. The van der Waals surface area contributed by atoms with Crippen LogP contribution in [0, 0.1) is 0 Å². The van der Waals surface area contributed by atoms with Crippen LogP contribution < -0.4 is 5.32 Å². The number of aliphatic hydroxyl groups excluding tert-OH is 3. The van der Waals surface area contributed by atoms with Gasteiger partial charge in [-0.05, 0) is 12.8 Å². The Bertz CT molecular complexity index is 762. The number of nitrogens with one attached hydrogen (secondary N) is 1. The van der Waals surface area contributed by atoms with E-state index in [0.717, 1.165) is 32.1 Å². The first-order valence-corrected chi connectivity index (χ1v) is 26.3. The summed E-state index contributed by atoms with van der Waals surface area (Å²) in [6.45, 7) is 4.22. The SMILES string of the molecule is CCCCCCCCCCCCCCCCCCCCCCCCCCCCCC(=O)NC(CO)C(O)C(O)CCCCCCCCCCCCCCCCCC. The van der Waals surface area contributed by atoms with Crippen molar-refractivity contribution in [1.29, 1.82) is 0 Å². The first-order chi connectivity index (χ1) is 28.1. The van der Waals surface area contributed by atoms with Gasteiger partial charge in [0.05, 0.1) is 18.8 Å². The normalized spacial score (nSPS) is 13.3. The highest BCUT2D eigenvalue weighted by atomic mass is 16.3. The van der Waals surface area contributed by atoms with Gasteiger partial charge >= 0.3 is 0 Å². The molecule has 0 heterocycles. The van der Waals surface area contributed by atoms with Crippen molar-refractivity contribution < 1.29 is 20.1 Å². The largest absolute Gasteiger partial charge is 0.394 e. The molecule has 5 nitrogen and oxygen atoms in total. The quantitative estimate of drug-likeness (QED) is 0.0461. The van der Waals surface area contributed by atoms with E-state index in [-0.39, 0.29) is 12.5 Å². The van der Waals surface area contributed by atoms with Crippen molar-refractivity contribution in [2.45, 2.75) is 321 Å². The van der Waals surface area contributed by atoms with Crippen LogP contribution in [0.4, 0.5) is 0 Å². The molecule has 0 aromatic carbocycles. The maximum absolute atomic E-state index is 12.5. The van der Waals surface area contributed by atoms with Crippen LogP contribution >= 0.6 is 0 Å². The van der Waals surface area contributed by atoms with E-state index in [1.54, 1.807) is 0 Å². The van der Waals surface area contributed by atoms with Crippen LogP contribution in [0.3, 0.4) is 0 Å². The third-order valence-electron chi connectivity index (χ3n) is 12.7. The number of aliphatic hydroxyl groups is 3. The van der Waals surface area contributed by atoms with Gasteiger partial charge in [-0.3, -0.25) is 4.79 Å². The topological polar surface area (TPSA) is 89.8 Å². The van der Waals surface area contributed by atoms with E-state index in [0.29, 0.717) is 12.8 Å². The van der Waals surface area contributed by atoms with E-state index >= 15 is 0 Å². The molecule has 0 aromatic rings. The predicted molar refractivity (Wildman–Crippen MR) is 250 cm³/mol. The maximum Gasteiger partial charge on any atom is 0.220 e. The van der Waals surface area contributed by atoms with Gasteiger partial charge < -0.3 is 20.6 Å². The van der Waals surface area contributed by atoms with E-state index in [4.69, 9.17) is 0 Å². The summed E-state index contributed by atoms with van der Waals surface area (Å²) in [5, 5.41) is 33.7. The zero-order chi connectivity index (χ0) is 41.5. The molecule has 0 aliphatic rings. The summed E-state index contributed by atoms with van der Waals surface area (Å²) in [7, 11) is 0. The number of amides is 1. The Balaban J connectivity index is 3.49. The van der Waals surface area contributed by atoms with Gasteiger partial charge in [-0.2, -0.15) is 0 Å². The van der Waals surface area contributed by atoms with Gasteiger partial charge in [0.2, 0.25) is 5.91 Å². The van der Waals surface area contributed by atoms with Gasteiger partial charge in [0.1, 0.15) is 6.10 Å². The first-order valence-electron chi connectivity index (χ1n) is 26.3. The number of hydrogen-bond acceptors (Lipinski definition) is 4. The van der Waals surface area contributed by atoms with Gasteiger partial charge in [-0.15, -0.1) is 0 Å². The molecule has 0 saturated heterocycles. The third kappa shape index (κ3) is 43.3. The van der Waals surface area contributed by atoms with Crippen LogP contribution in [0.2, 0.25) is 0 Å². The Hall–Kier alpha value is -0.650. The second kappa shape index (κ2) is 48.0. The Morgan fingerprint density at radius 1 is 0.368 bits per heavy atom. The van der Waals surface area contributed by atoms with Crippen LogP contribution in [0.1, 0.15) is 303 Å². The fourth-order valence-electron chi connectivity index (χ4n) is 8.64. The molecule has 57 heavy (non-hydrogen) atoms. The van der Waals surface area contributed by atoms with E-state index < -0.39 is 18.2 Å². The molecule has 0 aliphatic heterocycles. The number of hydrogen-bond donors (Lipinski definition) is 4. The Kier molecular flexibility index (Phi) is 47.5. The smallest absolute Gasteiger partial charge is 0.220 e. The fraction of sp³-hybridized carbons (Fsp3) is 0.981. The molecule has 3 unspecified atom stereocenters. The molecule has 0 fully saturated rings. The highest BCUT2D eigenvalue weighted by molar-refractivity contribution is 5.76. The van der Waals surface area contributed by atoms with Gasteiger partial charge in [0, 0.05) is 6.42 Å². The lowest BCUT2D eigenvalue weighted by Gasteiger charge is -2.26. The summed E-state index contributed by atoms with van der Waals surface area (Å²) in [6.07, 6.45) is 56.7. The third-order valence-corrected chi connectivity index (χ3v) is 12.7. The Morgan fingerprint density at radius 2 is 0.596 bits per heavy atom. The van der Waals surface area contributed by atoms with Crippen LogP contribution in [-0.2, 0) is 4.79 Å². The van der Waals surface area contributed by atoms with Crippen molar-refractivity contribution in [3.63, 3.8) is 0 Å². The zero-order valence-corrected chi connectivity index (χ0v) is 39.0. The monoisotopic (exact) mass is 808 g/mol. The highest BCUT2D eigenvalue weighted by Crippen LogP contribution is 2.18. The number of carbonyl (C=O) groups is 1. The first kappa shape index (κ1) is 56.4. The second-order valence-corrected chi connectivity index (χ2v) is 18.4. The molecule has 0 aliphatic carbocycles. The molecular weight excluding hydrogens is 703 g/mol. The number of carbonyl (C=O) groups excluding carboxylic acids is 1. The van der Waals surface area contributed by atoms with Crippen molar-refractivity contribution in [2.24, 2.45) is 0 Å². The molecule has 5 heteroatoms.